The van der Waals surface area contributed by atoms with Gasteiger partial charge in [-0.05, 0) is 31.4 Å². The fourth-order valence-corrected chi connectivity index (χ4v) is 3.61. The van der Waals surface area contributed by atoms with Crippen molar-refractivity contribution in [2.45, 2.75) is 50.4 Å². The summed E-state index contributed by atoms with van der Waals surface area (Å²) in [7, 11) is 0. The smallest absolute Gasteiger partial charge is 0.317 e. The van der Waals surface area contributed by atoms with Crippen LogP contribution in [0.5, 0.6) is 0 Å². The van der Waals surface area contributed by atoms with Gasteiger partial charge in [-0.3, -0.25) is 14.5 Å². The van der Waals surface area contributed by atoms with Crippen molar-refractivity contribution in [2.75, 3.05) is 13.1 Å². The summed E-state index contributed by atoms with van der Waals surface area (Å²) in [5.74, 6) is -0.793. The van der Waals surface area contributed by atoms with E-state index in [0.717, 1.165) is 12.8 Å². The molecule has 0 radical (unpaired) electrons. The van der Waals surface area contributed by atoms with E-state index in [1.807, 2.05) is 30.0 Å². The molecule has 4 N–H and O–H groups in total. The van der Waals surface area contributed by atoms with Gasteiger partial charge in [0.25, 0.3) is 0 Å². The average molecular weight is 346 g/mol. The van der Waals surface area contributed by atoms with E-state index in [-0.39, 0.29) is 36.6 Å². The second-order valence-electron chi connectivity index (χ2n) is 6.83. The number of benzene rings is 1. The second kappa shape index (κ2) is 7.95. The predicted molar refractivity (Wildman–Crippen MR) is 93.7 cm³/mol. The summed E-state index contributed by atoms with van der Waals surface area (Å²) in [6.45, 7) is 2.74. The second-order valence-corrected chi connectivity index (χ2v) is 6.83. The molecule has 25 heavy (non-hydrogen) atoms. The van der Waals surface area contributed by atoms with Crippen molar-refractivity contribution < 1.29 is 14.7 Å². The Morgan fingerprint density at radius 1 is 1.20 bits per heavy atom. The number of carbonyl (C=O) groups is 2. The van der Waals surface area contributed by atoms with Gasteiger partial charge in [0.1, 0.15) is 6.04 Å². The summed E-state index contributed by atoms with van der Waals surface area (Å²) in [5.41, 5.74) is 7.43. The Labute approximate surface area is 147 Å². The van der Waals surface area contributed by atoms with Crippen LogP contribution in [0.4, 0.5) is 0 Å². The first kappa shape index (κ1) is 17.8. The Morgan fingerprint density at radius 2 is 1.92 bits per heavy atom. The Balaban J connectivity index is 1.43. The van der Waals surface area contributed by atoms with Crippen LogP contribution in [0.15, 0.2) is 30.3 Å². The van der Waals surface area contributed by atoms with Crippen molar-refractivity contribution in [1.29, 1.82) is 0 Å². The SMILES string of the molecule is CCN(CC(=O)O)C1CC(NC(=O)C2CC(c3ccccc3)NN2)C1. The molecule has 2 atom stereocenters. The van der Waals surface area contributed by atoms with E-state index >= 15 is 0 Å². The van der Waals surface area contributed by atoms with Gasteiger partial charge in [0.2, 0.25) is 5.91 Å². The van der Waals surface area contributed by atoms with Crippen LogP contribution in [-0.2, 0) is 9.59 Å². The monoisotopic (exact) mass is 346 g/mol. The Morgan fingerprint density at radius 3 is 2.56 bits per heavy atom. The molecule has 7 nitrogen and oxygen atoms in total. The minimum atomic E-state index is -0.803. The fraction of sp³-hybridized carbons (Fsp3) is 0.556. The van der Waals surface area contributed by atoms with E-state index in [1.54, 1.807) is 0 Å². The topological polar surface area (TPSA) is 93.7 Å². The number of rotatable bonds is 7. The largest absolute Gasteiger partial charge is 0.480 e. The number of hydrogen-bond acceptors (Lipinski definition) is 5. The van der Waals surface area contributed by atoms with Crippen LogP contribution >= 0.6 is 0 Å². The maximum Gasteiger partial charge on any atom is 0.317 e. The lowest BCUT2D eigenvalue weighted by Gasteiger charge is -2.42. The van der Waals surface area contributed by atoms with Gasteiger partial charge in [-0.1, -0.05) is 37.3 Å². The van der Waals surface area contributed by atoms with Gasteiger partial charge in [-0.2, -0.15) is 0 Å². The molecule has 0 aromatic heterocycles. The number of aliphatic carboxylic acids is 1. The Kier molecular flexibility index (Phi) is 5.67. The molecule has 3 rings (SSSR count). The van der Waals surface area contributed by atoms with Gasteiger partial charge < -0.3 is 10.4 Å². The first-order valence-corrected chi connectivity index (χ1v) is 8.89. The van der Waals surface area contributed by atoms with Crippen LogP contribution in [0.1, 0.15) is 37.8 Å². The molecule has 0 bridgehead atoms. The molecule has 1 aromatic rings. The van der Waals surface area contributed by atoms with E-state index in [9.17, 15) is 9.59 Å². The number of likely N-dealkylation sites (N-methyl/N-ethyl adjacent to an activating group) is 1. The third-order valence-corrected chi connectivity index (χ3v) is 5.14. The molecule has 1 saturated heterocycles. The molecule has 7 heteroatoms. The molecule has 2 aliphatic rings. The van der Waals surface area contributed by atoms with Crippen molar-refractivity contribution in [3.8, 4) is 0 Å². The predicted octanol–water partition coefficient (Wildman–Crippen LogP) is 0.648. The van der Waals surface area contributed by atoms with E-state index in [4.69, 9.17) is 5.11 Å². The zero-order chi connectivity index (χ0) is 17.8. The highest BCUT2D eigenvalue weighted by Gasteiger charge is 2.37. The summed E-state index contributed by atoms with van der Waals surface area (Å²) < 4.78 is 0. The van der Waals surface area contributed by atoms with Crippen LogP contribution in [-0.4, -0.2) is 53.1 Å². The minimum absolute atomic E-state index is 0.00987. The molecular formula is C18H26N4O3. The lowest BCUT2D eigenvalue weighted by atomic mass is 9.85. The highest BCUT2D eigenvalue weighted by atomic mass is 16.4. The summed E-state index contributed by atoms with van der Waals surface area (Å²) in [6.07, 6.45) is 2.34. The van der Waals surface area contributed by atoms with E-state index < -0.39 is 5.97 Å². The Hall–Kier alpha value is -1.96. The quantitative estimate of drug-likeness (QED) is 0.579. The molecule has 1 saturated carbocycles. The number of hydrazine groups is 1. The van der Waals surface area contributed by atoms with Crippen molar-refractivity contribution in [3.05, 3.63) is 35.9 Å². The van der Waals surface area contributed by atoms with Crippen molar-refractivity contribution in [3.63, 3.8) is 0 Å². The third-order valence-electron chi connectivity index (χ3n) is 5.14. The Bertz CT molecular complexity index is 604. The van der Waals surface area contributed by atoms with Gasteiger partial charge in [0, 0.05) is 18.1 Å². The fourth-order valence-electron chi connectivity index (χ4n) is 3.61. The zero-order valence-electron chi connectivity index (χ0n) is 14.4. The van der Waals surface area contributed by atoms with Gasteiger partial charge in [-0.25, -0.2) is 10.9 Å². The lowest BCUT2D eigenvalue weighted by Crippen LogP contribution is -2.57. The van der Waals surface area contributed by atoms with Gasteiger partial charge >= 0.3 is 5.97 Å². The molecular weight excluding hydrogens is 320 g/mol. The molecule has 1 heterocycles. The minimum Gasteiger partial charge on any atom is -0.480 e. The van der Waals surface area contributed by atoms with Crippen molar-refractivity contribution in [1.82, 2.24) is 21.1 Å². The lowest BCUT2D eigenvalue weighted by molar-refractivity contribution is -0.139. The third kappa shape index (κ3) is 4.36. The van der Waals surface area contributed by atoms with Gasteiger partial charge in [0.05, 0.1) is 6.54 Å². The molecule has 2 unspecified atom stereocenters. The van der Waals surface area contributed by atoms with E-state index in [0.29, 0.717) is 13.0 Å². The van der Waals surface area contributed by atoms with E-state index in [2.05, 4.69) is 28.3 Å². The number of hydrogen-bond donors (Lipinski definition) is 4. The summed E-state index contributed by atoms with van der Waals surface area (Å²) in [4.78, 5) is 25.2. The number of carboxylic acids is 1. The van der Waals surface area contributed by atoms with Crippen LogP contribution in [0, 0.1) is 0 Å². The van der Waals surface area contributed by atoms with Crippen LogP contribution < -0.4 is 16.2 Å². The molecule has 1 aromatic carbocycles. The van der Waals surface area contributed by atoms with Crippen LogP contribution in [0.2, 0.25) is 0 Å². The summed E-state index contributed by atoms with van der Waals surface area (Å²) in [6, 6.07) is 10.4. The average Bonchev–Trinajstić information content (AvgIpc) is 3.06. The molecule has 2 fully saturated rings. The van der Waals surface area contributed by atoms with E-state index in [1.165, 1.54) is 5.56 Å². The van der Waals surface area contributed by atoms with Gasteiger partial charge in [-0.15, -0.1) is 0 Å². The van der Waals surface area contributed by atoms with Crippen molar-refractivity contribution in [2.24, 2.45) is 0 Å². The standard InChI is InChI=1S/C18H26N4O3/c1-2-22(11-17(23)24)14-8-13(9-14)19-18(25)16-10-15(20-21-16)12-6-4-3-5-7-12/h3-7,13-16,20-21H,2,8-11H2,1H3,(H,19,25)(H,23,24). The zero-order valence-corrected chi connectivity index (χ0v) is 14.4. The highest BCUT2D eigenvalue weighted by molar-refractivity contribution is 5.82. The maximum atomic E-state index is 12.4. The van der Waals surface area contributed by atoms with Crippen LogP contribution in [0.3, 0.4) is 0 Å². The highest BCUT2D eigenvalue weighted by Crippen LogP contribution is 2.27. The van der Waals surface area contributed by atoms with Crippen molar-refractivity contribution >= 4 is 11.9 Å². The van der Waals surface area contributed by atoms with Crippen LogP contribution in [0.25, 0.3) is 0 Å². The number of nitrogens with one attached hydrogen (secondary N) is 3. The normalized spacial score (nSPS) is 28.6. The molecule has 1 aliphatic carbocycles. The number of amides is 1. The number of carboxylic acid groups (broad SMARTS) is 1. The maximum absolute atomic E-state index is 12.4. The molecule has 136 valence electrons. The number of nitrogens with zero attached hydrogens (tertiary/aromatic N) is 1. The number of carbonyl (C=O) groups excluding carboxylic acids is 1. The van der Waals surface area contributed by atoms with Gasteiger partial charge in [0.15, 0.2) is 0 Å². The first-order valence-electron chi connectivity index (χ1n) is 8.89. The molecule has 1 aliphatic heterocycles. The summed E-state index contributed by atoms with van der Waals surface area (Å²) in [5, 5.41) is 12.0. The summed E-state index contributed by atoms with van der Waals surface area (Å²) >= 11 is 0. The first-order chi connectivity index (χ1) is 12.1. The molecule has 1 amide bonds. The molecule has 0 spiro atoms.